The first-order chi connectivity index (χ1) is 20.6. The number of para-hydroxylation sites is 3. The Morgan fingerprint density at radius 2 is 1.48 bits per heavy atom. The monoisotopic (exact) mass is 544 g/mol. The fraction of sp³-hybridized carbons (Fsp3) is 0.128. The maximum absolute atomic E-state index is 6.56. The Morgan fingerprint density at radius 3 is 2.33 bits per heavy atom. The number of allylic oxidation sites excluding steroid dienone is 4. The summed E-state index contributed by atoms with van der Waals surface area (Å²) in [7, 11) is 0. The van der Waals surface area contributed by atoms with Crippen molar-refractivity contribution in [3.63, 3.8) is 0 Å². The fourth-order valence-corrected chi connectivity index (χ4v) is 6.81. The van der Waals surface area contributed by atoms with Gasteiger partial charge in [0.05, 0.1) is 0 Å². The van der Waals surface area contributed by atoms with Gasteiger partial charge < -0.3 is 14.6 Å². The van der Waals surface area contributed by atoms with Crippen LogP contribution in [-0.4, -0.2) is 0 Å². The Morgan fingerprint density at radius 1 is 0.738 bits per heavy atom. The highest BCUT2D eigenvalue weighted by Gasteiger charge is 2.38. The highest BCUT2D eigenvalue weighted by atomic mass is 16.3. The predicted molar refractivity (Wildman–Crippen MR) is 176 cm³/mol. The molecule has 8 rings (SSSR count). The number of rotatable bonds is 4. The number of furan rings is 1. The third-order valence-electron chi connectivity index (χ3n) is 8.88. The molecule has 0 unspecified atom stereocenters. The van der Waals surface area contributed by atoms with Crippen LogP contribution in [-0.2, 0) is 5.41 Å². The van der Waals surface area contributed by atoms with Crippen LogP contribution in [0, 0.1) is 0 Å². The maximum Gasteiger partial charge on any atom is 0.143 e. The van der Waals surface area contributed by atoms with Gasteiger partial charge in [0.2, 0.25) is 0 Å². The normalized spacial score (nSPS) is 15.6. The van der Waals surface area contributed by atoms with Crippen molar-refractivity contribution < 1.29 is 4.42 Å². The van der Waals surface area contributed by atoms with Crippen molar-refractivity contribution >= 4 is 44.7 Å². The molecular formula is C39H32N2O. The summed E-state index contributed by atoms with van der Waals surface area (Å²) in [5, 5.41) is 5.79. The van der Waals surface area contributed by atoms with Crippen LogP contribution < -0.4 is 10.2 Å². The average molecular weight is 545 g/mol. The Hall–Kier alpha value is -5.02. The molecule has 0 atom stereocenters. The van der Waals surface area contributed by atoms with E-state index in [1.54, 1.807) is 0 Å². The summed E-state index contributed by atoms with van der Waals surface area (Å²) < 4.78 is 6.56. The molecule has 3 heteroatoms. The van der Waals surface area contributed by atoms with E-state index in [2.05, 4.69) is 127 Å². The maximum atomic E-state index is 6.56. The van der Waals surface area contributed by atoms with Gasteiger partial charge >= 0.3 is 0 Å². The molecule has 1 aromatic heterocycles. The van der Waals surface area contributed by atoms with Crippen molar-refractivity contribution in [1.29, 1.82) is 0 Å². The second kappa shape index (κ2) is 9.53. The number of benzene rings is 5. The first-order valence-electron chi connectivity index (χ1n) is 14.8. The molecule has 0 amide bonds. The first-order valence-corrected chi connectivity index (χ1v) is 14.8. The van der Waals surface area contributed by atoms with Gasteiger partial charge in [-0.05, 0) is 78.1 Å². The van der Waals surface area contributed by atoms with Crippen molar-refractivity contribution in [2.45, 2.75) is 32.1 Å². The summed E-state index contributed by atoms with van der Waals surface area (Å²) in [6, 6.07) is 40.9. The van der Waals surface area contributed by atoms with Gasteiger partial charge in [0.25, 0.3) is 0 Å². The van der Waals surface area contributed by atoms with Gasteiger partial charge in [-0.15, -0.1) is 0 Å². The second-order valence-electron chi connectivity index (χ2n) is 11.8. The van der Waals surface area contributed by atoms with E-state index >= 15 is 0 Å². The SMILES string of the molecule is CC1(C)C2=C(CCC=C2)N(c2cc(-c3ccc(Nc4ccccc4)cc3)c3oc4ccccc4c3c2)c2ccccc21. The molecule has 0 radical (unpaired) electrons. The summed E-state index contributed by atoms with van der Waals surface area (Å²) >= 11 is 0. The molecule has 0 saturated heterocycles. The zero-order chi connectivity index (χ0) is 28.3. The molecular weight excluding hydrogens is 512 g/mol. The van der Waals surface area contributed by atoms with Gasteiger partial charge in [0.15, 0.2) is 0 Å². The minimum Gasteiger partial charge on any atom is -0.455 e. The van der Waals surface area contributed by atoms with Crippen LogP contribution in [0.1, 0.15) is 32.3 Å². The number of nitrogens with zero attached hydrogens (tertiary/aromatic N) is 1. The van der Waals surface area contributed by atoms with Crippen molar-refractivity contribution in [2.24, 2.45) is 0 Å². The molecule has 1 N–H and O–H groups in total. The van der Waals surface area contributed by atoms with Crippen molar-refractivity contribution in [1.82, 2.24) is 0 Å². The summed E-state index contributed by atoms with van der Waals surface area (Å²) in [6.07, 6.45) is 6.75. The molecule has 2 heterocycles. The molecule has 42 heavy (non-hydrogen) atoms. The summed E-state index contributed by atoms with van der Waals surface area (Å²) in [4.78, 5) is 2.51. The van der Waals surface area contributed by atoms with Crippen molar-refractivity contribution in [2.75, 3.05) is 10.2 Å². The third kappa shape index (κ3) is 3.88. The zero-order valence-corrected chi connectivity index (χ0v) is 23.9. The summed E-state index contributed by atoms with van der Waals surface area (Å²) in [5.74, 6) is 0. The van der Waals surface area contributed by atoms with E-state index in [-0.39, 0.29) is 5.41 Å². The van der Waals surface area contributed by atoms with E-state index in [9.17, 15) is 0 Å². The quantitative estimate of drug-likeness (QED) is 0.239. The predicted octanol–water partition coefficient (Wildman–Crippen LogP) is 11.0. The van der Waals surface area contributed by atoms with E-state index in [0.717, 1.165) is 57.3 Å². The molecule has 5 aromatic carbocycles. The Kier molecular flexibility index (Phi) is 5.61. The van der Waals surface area contributed by atoms with Gasteiger partial charge in [-0.25, -0.2) is 0 Å². The summed E-state index contributed by atoms with van der Waals surface area (Å²) in [6.45, 7) is 4.72. The standard InChI is InChI=1S/C39H32N2O/c1-39(2)33-15-7-9-17-35(33)41(36-18-10-8-16-34(36)39)29-24-31(38-32(25-29)30-14-6-11-19-37(30)42-38)26-20-22-28(23-21-26)40-27-12-4-3-5-13-27/h3-9,11-17,19-25,40H,10,18H2,1-2H3. The van der Waals surface area contributed by atoms with Crippen LogP contribution in [0.25, 0.3) is 33.1 Å². The van der Waals surface area contributed by atoms with Gasteiger partial charge in [0.1, 0.15) is 11.2 Å². The zero-order valence-electron chi connectivity index (χ0n) is 23.9. The van der Waals surface area contributed by atoms with E-state index in [0.29, 0.717) is 0 Å². The van der Waals surface area contributed by atoms with Crippen LogP contribution in [0.15, 0.2) is 143 Å². The second-order valence-corrected chi connectivity index (χ2v) is 11.8. The lowest BCUT2D eigenvalue weighted by Crippen LogP contribution is -2.34. The van der Waals surface area contributed by atoms with Crippen molar-refractivity contribution in [3.05, 3.63) is 144 Å². The fourth-order valence-electron chi connectivity index (χ4n) is 6.81. The average Bonchev–Trinajstić information content (AvgIpc) is 3.41. The van der Waals surface area contributed by atoms with Crippen LogP contribution in [0.4, 0.5) is 22.7 Å². The molecule has 0 bridgehead atoms. The molecule has 3 nitrogen and oxygen atoms in total. The molecule has 204 valence electrons. The number of nitrogens with one attached hydrogen (secondary N) is 1. The lowest BCUT2D eigenvalue weighted by molar-refractivity contribution is 0.603. The molecule has 6 aromatic rings. The Bertz CT molecular complexity index is 2030. The topological polar surface area (TPSA) is 28.4 Å². The number of fused-ring (bicyclic) bond motifs is 4. The Balaban J connectivity index is 1.34. The van der Waals surface area contributed by atoms with Crippen LogP contribution in [0.5, 0.6) is 0 Å². The highest BCUT2D eigenvalue weighted by Crippen LogP contribution is 2.52. The number of hydrogen-bond donors (Lipinski definition) is 1. The molecule has 2 aliphatic rings. The Labute approximate surface area is 246 Å². The van der Waals surface area contributed by atoms with E-state index in [1.807, 2.05) is 24.3 Å². The van der Waals surface area contributed by atoms with Crippen LogP contribution >= 0.6 is 0 Å². The third-order valence-corrected chi connectivity index (χ3v) is 8.88. The van der Waals surface area contributed by atoms with Gasteiger partial charge in [-0.3, -0.25) is 0 Å². The number of hydrogen-bond acceptors (Lipinski definition) is 3. The highest BCUT2D eigenvalue weighted by molar-refractivity contribution is 6.11. The van der Waals surface area contributed by atoms with Crippen LogP contribution in [0.2, 0.25) is 0 Å². The summed E-state index contributed by atoms with van der Waals surface area (Å²) in [5.41, 5.74) is 12.7. The van der Waals surface area contributed by atoms with E-state index < -0.39 is 0 Å². The number of anilines is 4. The molecule has 0 spiro atoms. The lowest BCUT2D eigenvalue weighted by atomic mass is 9.71. The van der Waals surface area contributed by atoms with Crippen LogP contribution in [0.3, 0.4) is 0 Å². The molecule has 1 aliphatic carbocycles. The smallest absolute Gasteiger partial charge is 0.143 e. The largest absolute Gasteiger partial charge is 0.455 e. The first kappa shape index (κ1) is 24.8. The van der Waals surface area contributed by atoms with Gasteiger partial charge in [0, 0.05) is 50.2 Å². The van der Waals surface area contributed by atoms with Gasteiger partial charge in [-0.1, -0.05) is 92.7 Å². The minimum absolute atomic E-state index is 0.0593. The molecule has 0 fully saturated rings. The minimum atomic E-state index is -0.0593. The molecule has 0 saturated carbocycles. The van der Waals surface area contributed by atoms with E-state index in [1.165, 1.54) is 28.2 Å². The van der Waals surface area contributed by atoms with E-state index in [4.69, 9.17) is 4.42 Å². The van der Waals surface area contributed by atoms with Gasteiger partial charge in [-0.2, -0.15) is 0 Å². The molecule has 1 aliphatic heterocycles. The lowest BCUT2D eigenvalue weighted by Gasteiger charge is -2.44. The van der Waals surface area contributed by atoms with Crippen molar-refractivity contribution in [3.8, 4) is 11.1 Å².